The number of carbonyl (C=O) groups is 1. The zero-order valence-electron chi connectivity index (χ0n) is 11.1. The van der Waals surface area contributed by atoms with Gasteiger partial charge in [0.2, 0.25) is 0 Å². The molecule has 106 valence electrons. The molecule has 0 radical (unpaired) electrons. The summed E-state index contributed by atoms with van der Waals surface area (Å²) in [6.45, 7) is 0. The Morgan fingerprint density at radius 3 is 2.43 bits per heavy atom. The molecule has 0 aliphatic rings. The zero-order valence-corrected chi connectivity index (χ0v) is 14.3. The Hall–Kier alpha value is -1.64. The van der Waals surface area contributed by atoms with Gasteiger partial charge in [0.05, 0.1) is 13.2 Å². The normalized spacial score (nSPS) is 11.5. The minimum absolute atomic E-state index is 0.259. The van der Waals surface area contributed by atoms with Crippen molar-refractivity contribution in [1.82, 2.24) is 0 Å². The highest BCUT2D eigenvalue weighted by atomic mass is 79.9. The summed E-state index contributed by atoms with van der Waals surface area (Å²) in [6, 6.07) is 14.4. The smallest absolute Gasteiger partial charge is 0.185 e. The van der Waals surface area contributed by atoms with Crippen LogP contribution in [0.15, 0.2) is 51.4 Å². The van der Waals surface area contributed by atoms with E-state index in [0.717, 1.165) is 4.47 Å². The molecule has 0 fully saturated rings. The lowest BCUT2D eigenvalue weighted by molar-refractivity contribution is 0.0978. The first-order valence-corrected chi connectivity index (χ1v) is 7.68. The monoisotopic (exact) mass is 407 g/mol. The number of ether oxygens (including phenoxy) is 1. The molecule has 2 aromatic carbocycles. The van der Waals surface area contributed by atoms with E-state index in [-0.39, 0.29) is 5.78 Å². The molecule has 2 rings (SSSR count). The molecule has 0 spiro atoms. The van der Waals surface area contributed by atoms with Gasteiger partial charge < -0.3 is 4.74 Å². The van der Waals surface area contributed by atoms with Crippen LogP contribution in [0.4, 0.5) is 0 Å². The number of halogens is 2. The van der Waals surface area contributed by atoms with Gasteiger partial charge in [-0.2, -0.15) is 5.26 Å². The standard InChI is InChI=1S/C16H11Br2NO2/c1-21-12-6-7-15(18)13(8-12)16(20)14(9-19)10-2-4-11(17)5-3-10/h2-8,14H,1H3. The molecule has 21 heavy (non-hydrogen) atoms. The summed E-state index contributed by atoms with van der Waals surface area (Å²) in [6.07, 6.45) is 0. The molecule has 0 amide bonds. The molecular weight excluding hydrogens is 398 g/mol. The first-order chi connectivity index (χ1) is 10.1. The number of hydrogen-bond acceptors (Lipinski definition) is 3. The number of hydrogen-bond donors (Lipinski definition) is 0. The van der Waals surface area contributed by atoms with Crippen molar-refractivity contribution in [3.05, 3.63) is 62.5 Å². The van der Waals surface area contributed by atoms with Gasteiger partial charge in [-0.1, -0.05) is 44.0 Å². The van der Waals surface area contributed by atoms with Crippen LogP contribution in [0.2, 0.25) is 0 Å². The second kappa shape index (κ2) is 6.88. The van der Waals surface area contributed by atoms with E-state index in [0.29, 0.717) is 21.3 Å². The average molecular weight is 409 g/mol. The largest absolute Gasteiger partial charge is 0.497 e. The molecule has 0 saturated heterocycles. The van der Waals surface area contributed by atoms with E-state index in [9.17, 15) is 10.1 Å². The lowest BCUT2D eigenvalue weighted by Gasteiger charge is -2.11. The van der Waals surface area contributed by atoms with Crippen molar-refractivity contribution in [2.24, 2.45) is 0 Å². The first kappa shape index (κ1) is 15.7. The van der Waals surface area contributed by atoms with Crippen LogP contribution in [-0.4, -0.2) is 12.9 Å². The highest BCUT2D eigenvalue weighted by Gasteiger charge is 2.24. The minimum atomic E-state index is -0.846. The van der Waals surface area contributed by atoms with Crippen LogP contribution in [-0.2, 0) is 0 Å². The molecule has 0 aliphatic carbocycles. The number of rotatable bonds is 4. The van der Waals surface area contributed by atoms with E-state index in [1.165, 1.54) is 7.11 Å². The summed E-state index contributed by atoms with van der Waals surface area (Å²) in [5, 5.41) is 9.37. The van der Waals surface area contributed by atoms with E-state index in [2.05, 4.69) is 37.9 Å². The number of Topliss-reactive ketones (excluding diaryl/α,β-unsaturated/α-hetero) is 1. The Labute approximate surface area is 139 Å². The van der Waals surface area contributed by atoms with Gasteiger partial charge in [-0.15, -0.1) is 0 Å². The maximum atomic E-state index is 12.6. The second-order valence-corrected chi connectivity index (χ2v) is 6.09. The van der Waals surface area contributed by atoms with E-state index < -0.39 is 5.92 Å². The fourth-order valence-corrected chi connectivity index (χ4v) is 2.62. The fourth-order valence-electron chi connectivity index (χ4n) is 1.92. The van der Waals surface area contributed by atoms with Crippen LogP contribution >= 0.6 is 31.9 Å². The summed E-state index contributed by atoms with van der Waals surface area (Å²) in [7, 11) is 1.54. The maximum Gasteiger partial charge on any atom is 0.185 e. The van der Waals surface area contributed by atoms with Crippen LogP contribution in [0.5, 0.6) is 5.75 Å². The predicted molar refractivity (Wildman–Crippen MR) is 87.5 cm³/mol. The van der Waals surface area contributed by atoms with Gasteiger partial charge in [-0.3, -0.25) is 4.79 Å². The Balaban J connectivity index is 2.41. The van der Waals surface area contributed by atoms with Gasteiger partial charge in [0.25, 0.3) is 0 Å². The van der Waals surface area contributed by atoms with Gasteiger partial charge >= 0.3 is 0 Å². The molecule has 0 saturated carbocycles. The molecule has 1 unspecified atom stereocenters. The summed E-state index contributed by atoms with van der Waals surface area (Å²) in [5.74, 6) is -0.527. The molecule has 0 N–H and O–H groups in total. The Bertz CT molecular complexity index is 705. The van der Waals surface area contributed by atoms with Crippen LogP contribution in [0.3, 0.4) is 0 Å². The molecule has 0 heterocycles. The number of carbonyl (C=O) groups excluding carboxylic acids is 1. The summed E-state index contributed by atoms with van der Waals surface area (Å²) >= 11 is 6.69. The van der Waals surface area contributed by atoms with Crippen molar-refractivity contribution < 1.29 is 9.53 Å². The van der Waals surface area contributed by atoms with Crippen molar-refractivity contribution in [2.75, 3.05) is 7.11 Å². The van der Waals surface area contributed by atoms with Gasteiger partial charge in [-0.05, 0) is 35.9 Å². The minimum Gasteiger partial charge on any atom is -0.497 e. The molecule has 5 heteroatoms. The summed E-state index contributed by atoms with van der Waals surface area (Å²) in [4.78, 5) is 12.6. The SMILES string of the molecule is COc1ccc(Br)c(C(=O)C(C#N)c2ccc(Br)cc2)c1. The Morgan fingerprint density at radius 2 is 1.86 bits per heavy atom. The van der Waals surface area contributed by atoms with E-state index in [1.807, 2.05) is 12.1 Å². The number of ketones is 1. The molecule has 0 bridgehead atoms. The Kier molecular flexibility index (Phi) is 5.16. The number of methoxy groups -OCH3 is 1. The van der Waals surface area contributed by atoms with E-state index in [1.54, 1.807) is 30.3 Å². The third-order valence-corrected chi connectivity index (χ3v) is 4.25. The van der Waals surface area contributed by atoms with Crippen molar-refractivity contribution >= 4 is 37.6 Å². The average Bonchev–Trinajstić information content (AvgIpc) is 2.50. The zero-order chi connectivity index (χ0) is 15.4. The predicted octanol–water partition coefficient (Wildman–Crippen LogP) is 4.71. The van der Waals surface area contributed by atoms with Crippen molar-refractivity contribution in [3.8, 4) is 11.8 Å². The highest BCUT2D eigenvalue weighted by Crippen LogP contribution is 2.29. The van der Waals surface area contributed by atoms with Crippen LogP contribution in [0, 0.1) is 11.3 Å². The van der Waals surface area contributed by atoms with Gasteiger partial charge in [0.1, 0.15) is 11.7 Å². The quantitative estimate of drug-likeness (QED) is 0.688. The Morgan fingerprint density at radius 1 is 1.19 bits per heavy atom. The van der Waals surface area contributed by atoms with Gasteiger partial charge in [0, 0.05) is 14.5 Å². The maximum absolute atomic E-state index is 12.6. The summed E-state index contributed by atoms with van der Waals surface area (Å²) in [5.41, 5.74) is 1.10. The first-order valence-electron chi connectivity index (χ1n) is 6.09. The lowest BCUT2D eigenvalue weighted by atomic mass is 9.92. The van der Waals surface area contributed by atoms with Crippen molar-refractivity contribution in [2.45, 2.75) is 5.92 Å². The topological polar surface area (TPSA) is 50.1 Å². The number of nitriles is 1. The molecule has 0 aromatic heterocycles. The molecule has 2 aromatic rings. The fraction of sp³-hybridized carbons (Fsp3) is 0.125. The molecule has 1 atom stereocenters. The van der Waals surface area contributed by atoms with Crippen LogP contribution < -0.4 is 4.74 Å². The van der Waals surface area contributed by atoms with Crippen molar-refractivity contribution in [3.63, 3.8) is 0 Å². The highest BCUT2D eigenvalue weighted by molar-refractivity contribution is 9.10. The van der Waals surface area contributed by atoms with E-state index in [4.69, 9.17) is 4.74 Å². The molecular formula is C16H11Br2NO2. The lowest BCUT2D eigenvalue weighted by Crippen LogP contribution is -2.12. The van der Waals surface area contributed by atoms with Gasteiger partial charge in [0.15, 0.2) is 5.78 Å². The third kappa shape index (κ3) is 3.52. The van der Waals surface area contributed by atoms with Gasteiger partial charge in [-0.25, -0.2) is 0 Å². The molecule has 3 nitrogen and oxygen atoms in total. The molecule has 0 aliphatic heterocycles. The number of nitrogens with zero attached hydrogens (tertiary/aromatic N) is 1. The second-order valence-electron chi connectivity index (χ2n) is 4.32. The third-order valence-electron chi connectivity index (χ3n) is 3.03. The van der Waals surface area contributed by atoms with Crippen molar-refractivity contribution in [1.29, 1.82) is 5.26 Å². The van der Waals surface area contributed by atoms with E-state index >= 15 is 0 Å². The van der Waals surface area contributed by atoms with Crippen LogP contribution in [0.25, 0.3) is 0 Å². The summed E-state index contributed by atoms with van der Waals surface area (Å²) < 4.78 is 6.68. The van der Waals surface area contributed by atoms with Crippen LogP contribution in [0.1, 0.15) is 21.8 Å². The number of benzene rings is 2.